The summed E-state index contributed by atoms with van der Waals surface area (Å²) < 4.78 is 12.1. The minimum Gasteiger partial charge on any atom is -0.490 e. The van der Waals surface area contributed by atoms with Crippen LogP contribution in [0, 0.1) is 6.92 Å². The molecular weight excluding hydrogens is 394 g/mol. The molecule has 1 N–H and O–H groups in total. The molecule has 0 aromatic heterocycles. The predicted octanol–water partition coefficient (Wildman–Crippen LogP) is 6.97. The standard InChI is InChI=1S/C26H28ClNO2/c1-4-7-22-15-21(17-28-24-9-6-8-19(3)14-24)16-25(29-5-2)26(22)30-18-20-10-12-23(27)13-11-20/h4,6,8-16,28H,1,5,7,17-18H2,2-3H3. The Morgan fingerprint density at radius 3 is 2.50 bits per heavy atom. The van der Waals surface area contributed by atoms with Gasteiger partial charge in [-0.15, -0.1) is 6.58 Å². The molecule has 156 valence electrons. The number of aryl methyl sites for hydroxylation is 1. The second-order valence-corrected chi connectivity index (χ2v) is 7.58. The maximum atomic E-state index is 6.20. The van der Waals surface area contributed by atoms with E-state index in [9.17, 15) is 0 Å². The van der Waals surface area contributed by atoms with Crippen LogP contribution in [0.3, 0.4) is 0 Å². The van der Waals surface area contributed by atoms with Gasteiger partial charge in [0.25, 0.3) is 0 Å². The molecule has 0 saturated heterocycles. The van der Waals surface area contributed by atoms with Crippen LogP contribution in [0.1, 0.15) is 29.2 Å². The largest absolute Gasteiger partial charge is 0.490 e. The Morgan fingerprint density at radius 1 is 1.00 bits per heavy atom. The first kappa shape index (κ1) is 21.8. The van der Waals surface area contributed by atoms with Crippen LogP contribution in [0.25, 0.3) is 0 Å². The van der Waals surface area contributed by atoms with E-state index in [4.69, 9.17) is 21.1 Å². The Hall–Kier alpha value is -2.91. The summed E-state index contributed by atoms with van der Waals surface area (Å²) in [7, 11) is 0. The molecule has 3 aromatic rings. The highest BCUT2D eigenvalue weighted by molar-refractivity contribution is 6.30. The molecule has 0 spiro atoms. The van der Waals surface area contributed by atoms with Gasteiger partial charge in [-0.25, -0.2) is 0 Å². The van der Waals surface area contributed by atoms with Crippen molar-refractivity contribution in [2.45, 2.75) is 33.4 Å². The molecule has 0 amide bonds. The first-order valence-electron chi connectivity index (χ1n) is 10.2. The van der Waals surface area contributed by atoms with Crippen LogP contribution in [0.5, 0.6) is 11.5 Å². The lowest BCUT2D eigenvalue weighted by Crippen LogP contribution is -2.06. The van der Waals surface area contributed by atoms with Gasteiger partial charge in [0.1, 0.15) is 6.61 Å². The lowest BCUT2D eigenvalue weighted by Gasteiger charge is -2.18. The van der Waals surface area contributed by atoms with Crippen molar-refractivity contribution in [2.75, 3.05) is 11.9 Å². The average molecular weight is 422 g/mol. The van der Waals surface area contributed by atoms with Crippen molar-refractivity contribution < 1.29 is 9.47 Å². The third kappa shape index (κ3) is 6.04. The third-order valence-electron chi connectivity index (χ3n) is 4.67. The summed E-state index contributed by atoms with van der Waals surface area (Å²) >= 11 is 5.98. The monoisotopic (exact) mass is 421 g/mol. The number of allylic oxidation sites excluding steroid dienone is 1. The van der Waals surface area contributed by atoms with E-state index in [2.05, 4.69) is 55.2 Å². The van der Waals surface area contributed by atoms with E-state index >= 15 is 0 Å². The summed E-state index contributed by atoms with van der Waals surface area (Å²) in [6.45, 7) is 9.69. The van der Waals surface area contributed by atoms with E-state index in [0.29, 0.717) is 31.2 Å². The second-order valence-electron chi connectivity index (χ2n) is 7.15. The molecule has 0 bridgehead atoms. The van der Waals surface area contributed by atoms with Crippen LogP contribution in [0.4, 0.5) is 5.69 Å². The van der Waals surface area contributed by atoms with Gasteiger partial charge in [0, 0.05) is 22.8 Å². The highest BCUT2D eigenvalue weighted by Crippen LogP contribution is 2.35. The minimum atomic E-state index is 0.447. The predicted molar refractivity (Wildman–Crippen MR) is 126 cm³/mol. The van der Waals surface area contributed by atoms with E-state index in [1.54, 1.807) is 0 Å². The van der Waals surface area contributed by atoms with Crippen LogP contribution in [0.2, 0.25) is 5.02 Å². The van der Waals surface area contributed by atoms with Gasteiger partial charge in [-0.3, -0.25) is 0 Å². The molecule has 4 heteroatoms. The molecule has 0 aliphatic heterocycles. The number of hydrogen-bond acceptors (Lipinski definition) is 3. The number of anilines is 1. The number of rotatable bonds is 10. The van der Waals surface area contributed by atoms with Gasteiger partial charge >= 0.3 is 0 Å². The van der Waals surface area contributed by atoms with E-state index in [-0.39, 0.29) is 0 Å². The van der Waals surface area contributed by atoms with E-state index in [0.717, 1.165) is 33.9 Å². The van der Waals surface area contributed by atoms with E-state index in [1.807, 2.05) is 37.3 Å². The van der Waals surface area contributed by atoms with Crippen LogP contribution in [-0.4, -0.2) is 6.61 Å². The van der Waals surface area contributed by atoms with Crippen molar-refractivity contribution in [1.82, 2.24) is 0 Å². The summed E-state index contributed by atoms with van der Waals surface area (Å²) in [6, 6.07) is 20.2. The molecule has 0 atom stereocenters. The number of ether oxygens (including phenoxy) is 2. The number of benzene rings is 3. The molecule has 0 aliphatic carbocycles. The molecule has 0 saturated carbocycles. The van der Waals surface area contributed by atoms with Gasteiger partial charge in [-0.2, -0.15) is 0 Å². The summed E-state index contributed by atoms with van der Waals surface area (Å²) in [5, 5.41) is 4.20. The van der Waals surface area contributed by atoms with Crippen molar-refractivity contribution in [3.63, 3.8) is 0 Å². The van der Waals surface area contributed by atoms with Gasteiger partial charge in [0.2, 0.25) is 0 Å². The zero-order valence-electron chi connectivity index (χ0n) is 17.6. The van der Waals surface area contributed by atoms with E-state index < -0.39 is 0 Å². The fourth-order valence-corrected chi connectivity index (χ4v) is 3.38. The van der Waals surface area contributed by atoms with Crippen molar-refractivity contribution in [2.24, 2.45) is 0 Å². The molecule has 0 aliphatic rings. The first-order valence-corrected chi connectivity index (χ1v) is 10.5. The molecule has 30 heavy (non-hydrogen) atoms. The van der Waals surface area contributed by atoms with Gasteiger partial charge in [0.05, 0.1) is 6.61 Å². The van der Waals surface area contributed by atoms with Gasteiger partial charge in [-0.1, -0.05) is 41.9 Å². The average Bonchev–Trinajstić information content (AvgIpc) is 2.73. The van der Waals surface area contributed by atoms with Crippen LogP contribution in [0.15, 0.2) is 73.3 Å². The quantitative estimate of drug-likeness (QED) is 0.358. The second kappa shape index (κ2) is 10.7. The van der Waals surface area contributed by atoms with Gasteiger partial charge in [0.15, 0.2) is 11.5 Å². The molecule has 3 aromatic carbocycles. The lowest BCUT2D eigenvalue weighted by molar-refractivity contribution is 0.267. The number of nitrogens with one attached hydrogen (secondary N) is 1. The normalized spacial score (nSPS) is 10.5. The minimum absolute atomic E-state index is 0.447. The van der Waals surface area contributed by atoms with Crippen LogP contribution >= 0.6 is 11.6 Å². The molecule has 0 unspecified atom stereocenters. The van der Waals surface area contributed by atoms with Crippen molar-refractivity contribution in [3.8, 4) is 11.5 Å². The summed E-state index contributed by atoms with van der Waals surface area (Å²) in [5.41, 5.74) is 5.58. The van der Waals surface area contributed by atoms with Crippen molar-refractivity contribution in [1.29, 1.82) is 0 Å². The SMILES string of the molecule is C=CCc1cc(CNc2cccc(C)c2)cc(OCC)c1OCc1ccc(Cl)cc1. The van der Waals surface area contributed by atoms with Crippen LogP contribution < -0.4 is 14.8 Å². The summed E-state index contributed by atoms with van der Waals surface area (Å²) in [6.07, 6.45) is 2.59. The summed E-state index contributed by atoms with van der Waals surface area (Å²) in [4.78, 5) is 0. The Labute approximate surface area is 184 Å². The molecular formula is C26H28ClNO2. The topological polar surface area (TPSA) is 30.5 Å². The van der Waals surface area contributed by atoms with Crippen LogP contribution in [-0.2, 0) is 19.6 Å². The number of hydrogen-bond donors (Lipinski definition) is 1. The highest BCUT2D eigenvalue weighted by atomic mass is 35.5. The molecule has 0 heterocycles. The maximum absolute atomic E-state index is 6.20. The molecule has 0 radical (unpaired) electrons. The number of halogens is 1. The van der Waals surface area contributed by atoms with Gasteiger partial charge < -0.3 is 14.8 Å². The lowest BCUT2D eigenvalue weighted by atomic mass is 10.0. The third-order valence-corrected chi connectivity index (χ3v) is 4.92. The zero-order chi connectivity index (χ0) is 21.3. The fraction of sp³-hybridized carbons (Fsp3) is 0.231. The zero-order valence-corrected chi connectivity index (χ0v) is 18.3. The Bertz CT molecular complexity index is 983. The fourth-order valence-electron chi connectivity index (χ4n) is 3.25. The Kier molecular flexibility index (Phi) is 7.81. The first-order chi connectivity index (χ1) is 14.6. The van der Waals surface area contributed by atoms with E-state index in [1.165, 1.54) is 5.56 Å². The summed E-state index contributed by atoms with van der Waals surface area (Å²) in [5.74, 6) is 1.53. The molecule has 3 nitrogen and oxygen atoms in total. The molecule has 3 rings (SSSR count). The van der Waals surface area contributed by atoms with Crippen molar-refractivity contribution >= 4 is 17.3 Å². The molecule has 0 fully saturated rings. The Morgan fingerprint density at radius 2 is 1.80 bits per heavy atom. The van der Waals surface area contributed by atoms with Gasteiger partial charge in [-0.05, 0) is 73.4 Å². The maximum Gasteiger partial charge on any atom is 0.165 e. The highest BCUT2D eigenvalue weighted by Gasteiger charge is 2.14. The smallest absolute Gasteiger partial charge is 0.165 e. The Balaban J connectivity index is 1.83. The van der Waals surface area contributed by atoms with Crippen molar-refractivity contribution in [3.05, 3.63) is 101 Å².